The Kier molecular flexibility index (Phi) is 2.14. The number of anilines is 1. The maximum atomic E-state index is 11.3. The highest BCUT2D eigenvalue weighted by Gasteiger charge is 2.17. The van der Waals surface area contributed by atoms with Crippen molar-refractivity contribution in [2.45, 2.75) is 19.8 Å². The molecule has 86 valence electrons. The van der Waals surface area contributed by atoms with Gasteiger partial charge in [0, 0.05) is 12.1 Å². The van der Waals surface area contributed by atoms with Gasteiger partial charge in [-0.05, 0) is 47.0 Å². The zero-order valence-corrected chi connectivity index (χ0v) is 9.34. The smallest absolute Gasteiger partial charge is 0.224 e. The molecule has 0 saturated heterocycles. The van der Waals surface area contributed by atoms with Crippen molar-refractivity contribution < 1.29 is 4.79 Å². The molecular weight excluding hydrogens is 218 g/mol. The number of carbonyl (C=O) groups is 1. The lowest BCUT2D eigenvalue weighted by molar-refractivity contribution is -0.116. The lowest BCUT2D eigenvalue weighted by Crippen LogP contribution is -2.20. The molecule has 6 heteroatoms. The van der Waals surface area contributed by atoms with Gasteiger partial charge in [0.15, 0.2) is 0 Å². The Morgan fingerprint density at radius 3 is 3.00 bits per heavy atom. The molecule has 0 unspecified atom stereocenters. The first-order valence-corrected chi connectivity index (χ1v) is 5.41. The van der Waals surface area contributed by atoms with Crippen molar-refractivity contribution in [2.75, 3.05) is 5.32 Å². The van der Waals surface area contributed by atoms with Crippen molar-refractivity contribution >= 4 is 11.6 Å². The van der Waals surface area contributed by atoms with Crippen LogP contribution in [0.1, 0.15) is 17.5 Å². The van der Waals surface area contributed by atoms with Gasteiger partial charge in [0.2, 0.25) is 5.91 Å². The van der Waals surface area contributed by atoms with E-state index >= 15 is 0 Å². The fourth-order valence-corrected chi connectivity index (χ4v) is 2.08. The Morgan fingerprint density at radius 2 is 2.24 bits per heavy atom. The highest BCUT2D eigenvalue weighted by molar-refractivity contribution is 5.95. The van der Waals surface area contributed by atoms with E-state index in [2.05, 4.69) is 20.8 Å². The molecule has 0 atom stereocenters. The molecule has 1 aliphatic rings. The van der Waals surface area contributed by atoms with E-state index < -0.39 is 0 Å². The van der Waals surface area contributed by atoms with E-state index in [0.29, 0.717) is 6.42 Å². The van der Waals surface area contributed by atoms with E-state index in [9.17, 15) is 4.79 Å². The van der Waals surface area contributed by atoms with Crippen molar-refractivity contribution in [3.63, 3.8) is 0 Å². The normalized spacial score (nSPS) is 14.3. The van der Waals surface area contributed by atoms with E-state index in [1.54, 1.807) is 11.0 Å². The zero-order chi connectivity index (χ0) is 11.8. The average Bonchev–Trinajstić information content (AvgIpc) is 2.83. The number of amides is 1. The molecule has 1 aromatic heterocycles. The molecule has 0 spiro atoms. The van der Waals surface area contributed by atoms with Crippen LogP contribution in [0, 0.1) is 6.92 Å². The number of carbonyl (C=O) groups excluding carboxylic acids is 1. The molecule has 1 aliphatic heterocycles. The lowest BCUT2D eigenvalue weighted by atomic mass is 9.99. The predicted octanol–water partition coefficient (Wildman–Crippen LogP) is 0.855. The first-order chi connectivity index (χ1) is 8.24. The third-order valence-electron chi connectivity index (χ3n) is 2.90. The van der Waals surface area contributed by atoms with Gasteiger partial charge in [0.05, 0.1) is 5.69 Å². The van der Waals surface area contributed by atoms with E-state index in [-0.39, 0.29) is 5.91 Å². The fraction of sp³-hybridized carbons (Fsp3) is 0.273. The Labute approximate surface area is 97.6 Å². The Balaban J connectivity index is 2.11. The summed E-state index contributed by atoms with van der Waals surface area (Å²) < 4.78 is 1.61. The monoisotopic (exact) mass is 229 g/mol. The van der Waals surface area contributed by atoms with Crippen molar-refractivity contribution in [1.82, 2.24) is 20.2 Å². The van der Waals surface area contributed by atoms with Gasteiger partial charge < -0.3 is 5.32 Å². The van der Waals surface area contributed by atoms with Crippen LogP contribution in [0.15, 0.2) is 18.5 Å². The van der Waals surface area contributed by atoms with E-state index in [4.69, 9.17) is 0 Å². The number of benzene rings is 1. The standard InChI is InChI=1S/C11H11N5O/c1-7-4-9(16-6-12-14-15-16)5-8-2-3-10(17)13-11(7)8/h4-6H,2-3H2,1H3,(H,13,17). The number of aryl methyl sites for hydroxylation is 2. The number of hydrogen-bond donors (Lipinski definition) is 1. The molecule has 0 fully saturated rings. The maximum Gasteiger partial charge on any atom is 0.224 e. The van der Waals surface area contributed by atoms with Gasteiger partial charge in [-0.15, -0.1) is 5.10 Å². The fourth-order valence-electron chi connectivity index (χ4n) is 2.08. The quantitative estimate of drug-likeness (QED) is 0.787. The lowest BCUT2D eigenvalue weighted by Gasteiger charge is -2.19. The van der Waals surface area contributed by atoms with Gasteiger partial charge in [0.25, 0.3) is 0 Å². The topological polar surface area (TPSA) is 72.7 Å². The number of nitrogens with one attached hydrogen (secondary N) is 1. The number of nitrogens with zero attached hydrogens (tertiary/aromatic N) is 4. The highest BCUT2D eigenvalue weighted by atomic mass is 16.1. The Morgan fingerprint density at radius 1 is 1.35 bits per heavy atom. The summed E-state index contributed by atoms with van der Waals surface area (Å²) in [6.45, 7) is 1.97. The SMILES string of the molecule is Cc1cc(-n2cnnn2)cc2c1NC(=O)CC2. The van der Waals surface area contributed by atoms with Crippen molar-refractivity contribution in [3.8, 4) is 5.69 Å². The minimum absolute atomic E-state index is 0.0794. The largest absolute Gasteiger partial charge is 0.326 e. The third-order valence-corrected chi connectivity index (χ3v) is 2.90. The van der Waals surface area contributed by atoms with Gasteiger partial charge in [-0.1, -0.05) is 0 Å². The maximum absolute atomic E-state index is 11.3. The van der Waals surface area contributed by atoms with E-state index in [1.165, 1.54) is 0 Å². The molecule has 1 aromatic carbocycles. The summed E-state index contributed by atoms with van der Waals surface area (Å²) in [6.07, 6.45) is 2.85. The first kappa shape index (κ1) is 9.95. The van der Waals surface area contributed by atoms with Gasteiger partial charge in [-0.25, -0.2) is 4.68 Å². The number of aromatic nitrogens is 4. The average molecular weight is 229 g/mol. The van der Waals surface area contributed by atoms with Gasteiger partial charge in [-0.3, -0.25) is 4.79 Å². The number of fused-ring (bicyclic) bond motifs is 1. The second-order valence-electron chi connectivity index (χ2n) is 4.10. The summed E-state index contributed by atoms with van der Waals surface area (Å²) >= 11 is 0. The zero-order valence-electron chi connectivity index (χ0n) is 9.34. The van der Waals surface area contributed by atoms with Crippen LogP contribution in [0.25, 0.3) is 5.69 Å². The molecule has 0 bridgehead atoms. The molecule has 2 heterocycles. The molecule has 6 nitrogen and oxygen atoms in total. The second-order valence-corrected chi connectivity index (χ2v) is 4.10. The summed E-state index contributed by atoms with van der Waals surface area (Å²) in [5.74, 6) is 0.0794. The van der Waals surface area contributed by atoms with Crippen LogP contribution in [0.3, 0.4) is 0 Å². The van der Waals surface area contributed by atoms with Crippen LogP contribution >= 0.6 is 0 Å². The predicted molar refractivity (Wildman–Crippen MR) is 60.8 cm³/mol. The number of tetrazole rings is 1. The number of rotatable bonds is 1. The molecule has 0 aliphatic carbocycles. The minimum Gasteiger partial charge on any atom is -0.326 e. The van der Waals surface area contributed by atoms with Crippen LogP contribution in [0.2, 0.25) is 0 Å². The summed E-state index contributed by atoms with van der Waals surface area (Å²) in [5, 5.41) is 14.0. The van der Waals surface area contributed by atoms with E-state index in [1.807, 2.05) is 19.1 Å². The minimum atomic E-state index is 0.0794. The summed E-state index contributed by atoms with van der Waals surface area (Å²) in [6, 6.07) is 3.97. The molecule has 1 amide bonds. The molecule has 2 aromatic rings. The summed E-state index contributed by atoms with van der Waals surface area (Å²) in [5.41, 5.74) is 4.01. The summed E-state index contributed by atoms with van der Waals surface area (Å²) in [4.78, 5) is 11.3. The van der Waals surface area contributed by atoms with Crippen LogP contribution in [-0.4, -0.2) is 26.1 Å². The van der Waals surface area contributed by atoms with Gasteiger partial charge in [-0.2, -0.15) is 0 Å². The van der Waals surface area contributed by atoms with Crippen molar-refractivity contribution in [1.29, 1.82) is 0 Å². The second kappa shape index (κ2) is 3.65. The molecule has 3 rings (SSSR count). The molecular formula is C11H11N5O. The Bertz CT molecular complexity index is 576. The molecule has 0 saturated carbocycles. The molecule has 1 N–H and O–H groups in total. The van der Waals surface area contributed by atoms with Crippen molar-refractivity contribution in [3.05, 3.63) is 29.6 Å². The highest BCUT2D eigenvalue weighted by Crippen LogP contribution is 2.28. The van der Waals surface area contributed by atoms with E-state index in [0.717, 1.165) is 28.9 Å². The van der Waals surface area contributed by atoms with Crippen molar-refractivity contribution in [2.24, 2.45) is 0 Å². The Hall–Kier alpha value is -2.24. The van der Waals surface area contributed by atoms with Crippen LogP contribution in [0.4, 0.5) is 5.69 Å². The third kappa shape index (κ3) is 1.67. The molecule has 0 radical (unpaired) electrons. The van der Waals surface area contributed by atoms with Gasteiger partial charge in [0.1, 0.15) is 6.33 Å². The first-order valence-electron chi connectivity index (χ1n) is 5.41. The number of hydrogen-bond acceptors (Lipinski definition) is 4. The van der Waals surface area contributed by atoms with Gasteiger partial charge >= 0.3 is 0 Å². The summed E-state index contributed by atoms with van der Waals surface area (Å²) in [7, 11) is 0. The van der Waals surface area contributed by atoms with Crippen LogP contribution < -0.4 is 5.32 Å². The van der Waals surface area contributed by atoms with Crippen LogP contribution in [-0.2, 0) is 11.2 Å². The van der Waals surface area contributed by atoms with Crippen LogP contribution in [0.5, 0.6) is 0 Å². The molecule has 17 heavy (non-hydrogen) atoms.